The van der Waals surface area contributed by atoms with Crippen LogP contribution < -0.4 is 10.7 Å². The van der Waals surface area contributed by atoms with Gasteiger partial charge in [-0.1, -0.05) is 61.7 Å². The lowest BCUT2D eigenvalue weighted by Gasteiger charge is -2.22. The first-order valence-corrected chi connectivity index (χ1v) is 12.6. The van der Waals surface area contributed by atoms with E-state index < -0.39 is 0 Å². The van der Waals surface area contributed by atoms with Crippen LogP contribution in [0, 0.1) is 6.92 Å². The molecule has 2 aliphatic carbocycles. The third kappa shape index (κ3) is 5.06. The fourth-order valence-electron chi connectivity index (χ4n) is 5.12. The predicted octanol–water partition coefficient (Wildman–Crippen LogP) is 5.79. The largest absolute Gasteiger partial charge is 0.455 e. The van der Waals surface area contributed by atoms with E-state index in [1.165, 1.54) is 6.42 Å². The van der Waals surface area contributed by atoms with Gasteiger partial charge < -0.3 is 9.73 Å². The van der Waals surface area contributed by atoms with Gasteiger partial charge in [-0.25, -0.2) is 5.43 Å². The topological polar surface area (TPSA) is 83.7 Å². The van der Waals surface area contributed by atoms with Crippen LogP contribution in [0.1, 0.15) is 82.7 Å². The molecule has 3 aromatic rings. The molecular formula is C29H31N3O3. The van der Waals surface area contributed by atoms with Crippen molar-refractivity contribution >= 4 is 17.5 Å². The Morgan fingerprint density at radius 3 is 2.31 bits per heavy atom. The number of hydrogen-bond donors (Lipinski definition) is 2. The Kier molecular flexibility index (Phi) is 6.80. The van der Waals surface area contributed by atoms with Gasteiger partial charge in [0, 0.05) is 29.2 Å². The molecule has 2 aromatic carbocycles. The van der Waals surface area contributed by atoms with E-state index in [2.05, 4.69) is 15.8 Å². The van der Waals surface area contributed by atoms with Gasteiger partial charge in [0.15, 0.2) is 5.76 Å². The van der Waals surface area contributed by atoms with Crippen molar-refractivity contribution in [1.82, 2.24) is 10.7 Å². The SMILES string of the molecule is Cc1c(C(=O)NC2CCCCC2)oc2c1/C(=N/NC(=O)c1ccc(-c3ccccc3)cc1)CCC2. The third-order valence-corrected chi connectivity index (χ3v) is 7.02. The minimum absolute atomic E-state index is 0.148. The van der Waals surface area contributed by atoms with Crippen LogP contribution in [0.25, 0.3) is 11.1 Å². The van der Waals surface area contributed by atoms with Crippen LogP contribution >= 0.6 is 0 Å². The second kappa shape index (κ2) is 10.3. The molecule has 1 fully saturated rings. The molecule has 180 valence electrons. The molecule has 1 heterocycles. The summed E-state index contributed by atoms with van der Waals surface area (Å²) in [5.74, 6) is 0.743. The highest BCUT2D eigenvalue weighted by Crippen LogP contribution is 2.30. The molecule has 2 N–H and O–H groups in total. The maximum Gasteiger partial charge on any atom is 0.287 e. The highest BCUT2D eigenvalue weighted by Gasteiger charge is 2.29. The molecule has 0 bridgehead atoms. The lowest BCUT2D eigenvalue weighted by Crippen LogP contribution is -2.36. The number of carbonyl (C=O) groups is 2. The maximum absolute atomic E-state index is 12.9. The zero-order chi connectivity index (χ0) is 24.2. The van der Waals surface area contributed by atoms with Gasteiger partial charge in [-0.2, -0.15) is 5.10 Å². The number of aryl methyl sites for hydroxylation is 1. The number of hydrogen-bond acceptors (Lipinski definition) is 4. The van der Waals surface area contributed by atoms with Crippen molar-refractivity contribution < 1.29 is 14.0 Å². The number of nitrogens with zero attached hydrogens (tertiary/aromatic N) is 1. The summed E-state index contributed by atoms with van der Waals surface area (Å²) in [6.07, 6.45) is 7.96. The molecule has 2 amide bonds. The highest BCUT2D eigenvalue weighted by atomic mass is 16.4. The van der Waals surface area contributed by atoms with Crippen LogP contribution in [-0.4, -0.2) is 23.6 Å². The standard InChI is InChI=1S/C29H31N3O3/c1-19-26-24(13-8-14-25(26)35-27(19)29(34)30-23-11-6-3-7-12-23)31-32-28(33)22-17-15-21(16-18-22)20-9-4-2-5-10-20/h2,4-5,9-10,15-18,23H,3,6-8,11-14H2,1H3,(H,30,34)(H,32,33)/b31-24+. The molecule has 35 heavy (non-hydrogen) atoms. The summed E-state index contributed by atoms with van der Waals surface area (Å²) >= 11 is 0. The van der Waals surface area contributed by atoms with E-state index >= 15 is 0 Å². The Morgan fingerprint density at radius 2 is 1.57 bits per heavy atom. The van der Waals surface area contributed by atoms with Gasteiger partial charge in [0.05, 0.1) is 5.71 Å². The normalized spacial score (nSPS) is 17.1. The van der Waals surface area contributed by atoms with Crippen LogP contribution in [0.5, 0.6) is 0 Å². The predicted molar refractivity (Wildman–Crippen MR) is 137 cm³/mol. The summed E-state index contributed by atoms with van der Waals surface area (Å²) in [6, 6.07) is 17.8. The molecule has 0 aliphatic heterocycles. The molecule has 1 aromatic heterocycles. The van der Waals surface area contributed by atoms with Crippen molar-refractivity contribution in [2.24, 2.45) is 5.10 Å². The molecule has 6 nitrogen and oxygen atoms in total. The summed E-state index contributed by atoms with van der Waals surface area (Å²) in [5.41, 5.74) is 7.84. The molecule has 0 saturated heterocycles. The molecule has 0 radical (unpaired) electrons. The van der Waals surface area contributed by atoms with Crippen molar-refractivity contribution in [3.05, 3.63) is 82.8 Å². The zero-order valence-electron chi connectivity index (χ0n) is 20.1. The van der Waals surface area contributed by atoms with E-state index in [1.54, 1.807) is 12.1 Å². The Hall–Kier alpha value is -3.67. The van der Waals surface area contributed by atoms with Crippen LogP contribution in [0.3, 0.4) is 0 Å². The van der Waals surface area contributed by atoms with Crippen LogP contribution in [0.2, 0.25) is 0 Å². The Labute approximate surface area is 205 Å². The lowest BCUT2D eigenvalue weighted by molar-refractivity contribution is 0.0896. The summed E-state index contributed by atoms with van der Waals surface area (Å²) in [5, 5.41) is 7.60. The van der Waals surface area contributed by atoms with E-state index in [0.29, 0.717) is 11.3 Å². The number of benzene rings is 2. The second-order valence-electron chi connectivity index (χ2n) is 9.46. The van der Waals surface area contributed by atoms with Crippen molar-refractivity contribution in [1.29, 1.82) is 0 Å². The van der Waals surface area contributed by atoms with Crippen molar-refractivity contribution in [2.75, 3.05) is 0 Å². The fraction of sp³-hybridized carbons (Fsp3) is 0.345. The molecular weight excluding hydrogens is 438 g/mol. The Balaban J connectivity index is 1.30. The fourth-order valence-corrected chi connectivity index (χ4v) is 5.12. The highest BCUT2D eigenvalue weighted by molar-refractivity contribution is 6.07. The van der Waals surface area contributed by atoms with Gasteiger partial charge >= 0.3 is 0 Å². The maximum atomic E-state index is 12.9. The van der Waals surface area contributed by atoms with Crippen molar-refractivity contribution in [2.45, 2.75) is 64.3 Å². The van der Waals surface area contributed by atoms with Gasteiger partial charge in [-0.15, -0.1) is 0 Å². The van der Waals surface area contributed by atoms with E-state index in [4.69, 9.17) is 4.42 Å². The molecule has 5 rings (SSSR count). The first kappa shape index (κ1) is 23.1. The number of furan rings is 1. The van der Waals surface area contributed by atoms with Gasteiger partial charge in [-0.3, -0.25) is 9.59 Å². The summed E-state index contributed by atoms with van der Waals surface area (Å²) < 4.78 is 6.01. The Morgan fingerprint density at radius 1 is 0.857 bits per heavy atom. The van der Waals surface area contributed by atoms with E-state index in [0.717, 1.165) is 78.7 Å². The summed E-state index contributed by atoms with van der Waals surface area (Å²) in [6.45, 7) is 1.91. The third-order valence-electron chi connectivity index (χ3n) is 7.02. The summed E-state index contributed by atoms with van der Waals surface area (Å²) in [4.78, 5) is 25.7. The first-order valence-electron chi connectivity index (χ1n) is 12.6. The van der Waals surface area contributed by atoms with Crippen molar-refractivity contribution in [3.8, 4) is 11.1 Å². The molecule has 2 aliphatic rings. The van der Waals surface area contributed by atoms with Crippen LogP contribution in [-0.2, 0) is 6.42 Å². The van der Waals surface area contributed by atoms with Crippen LogP contribution in [0.15, 0.2) is 64.1 Å². The number of nitrogens with one attached hydrogen (secondary N) is 2. The molecule has 0 spiro atoms. The number of carbonyl (C=O) groups excluding carboxylic acids is 2. The monoisotopic (exact) mass is 469 g/mol. The quantitative estimate of drug-likeness (QED) is 0.464. The first-order chi connectivity index (χ1) is 17.1. The second-order valence-corrected chi connectivity index (χ2v) is 9.46. The van der Waals surface area contributed by atoms with Gasteiger partial charge in [0.2, 0.25) is 0 Å². The Bertz CT molecular complexity index is 1240. The average molecular weight is 470 g/mol. The molecule has 0 atom stereocenters. The zero-order valence-corrected chi connectivity index (χ0v) is 20.1. The molecule has 1 saturated carbocycles. The van der Waals surface area contributed by atoms with Crippen LogP contribution in [0.4, 0.5) is 0 Å². The van der Waals surface area contributed by atoms with Crippen molar-refractivity contribution in [3.63, 3.8) is 0 Å². The minimum Gasteiger partial charge on any atom is -0.455 e. The number of hydrazone groups is 1. The lowest BCUT2D eigenvalue weighted by atomic mass is 9.93. The van der Waals surface area contributed by atoms with Gasteiger partial charge in [0.25, 0.3) is 11.8 Å². The number of amides is 2. The number of fused-ring (bicyclic) bond motifs is 1. The van der Waals surface area contributed by atoms with E-state index in [1.807, 2.05) is 49.4 Å². The van der Waals surface area contributed by atoms with Gasteiger partial charge in [0.1, 0.15) is 5.76 Å². The average Bonchev–Trinajstić information content (AvgIpc) is 3.25. The van der Waals surface area contributed by atoms with E-state index in [9.17, 15) is 9.59 Å². The smallest absolute Gasteiger partial charge is 0.287 e. The molecule has 0 unspecified atom stereocenters. The molecule has 6 heteroatoms. The minimum atomic E-state index is -0.263. The summed E-state index contributed by atoms with van der Waals surface area (Å²) in [7, 11) is 0. The number of rotatable bonds is 5. The van der Waals surface area contributed by atoms with E-state index in [-0.39, 0.29) is 17.9 Å². The van der Waals surface area contributed by atoms with Gasteiger partial charge in [-0.05, 0) is 55.9 Å².